The molecule has 0 heterocycles. The lowest BCUT2D eigenvalue weighted by molar-refractivity contribution is -0.139. The number of hydrogen-bond acceptors (Lipinski definition) is 5. The Balaban J connectivity index is 3.49. The summed E-state index contributed by atoms with van der Waals surface area (Å²) in [7, 11) is 1.61. The Hall–Kier alpha value is -2.55. The van der Waals surface area contributed by atoms with Crippen molar-refractivity contribution in [1.29, 1.82) is 5.26 Å². The molecule has 0 bridgehead atoms. The van der Waals surface area contributed by atoms with E-state index in [9.17, 15) is 9.59 Å². The lowest BCUT2D eigenvalue weighted by atomic mass is 9.79. The smallest absolute Gasteiger partial charge is 0.334 e. The molecule has 1 aromatic carbocycles. The van der Waals surface area contributed by atoms with Crippen molar-refractivity contribution in [3.8, 4) is 17.6 Å². The van der Waals surface area contributed by atoms with Gasteiger partial charge in [0.25, 0.3) is 0 Å². The molecule has 1 unspecified atom stereocenters. The van der Waals surface area contributed by atoms with Crippen LogP contribution in [0.4, 0.5) is 0 Å². The lowest BCUT2D eigenvalue weighted by Crippen LogP contribution is -2.42. The minimum absolute atomic E-state index is 0.140. The molecule has 1 atom stereocenters. The molecule has 0 spiro atoms. The second-order valence-corrected chi connectivity index (χ2v) is 8.92. The summed E-state index contributed by atoms with van der Waals surface area (Å²) < 4.78 is 11.3. The van der Waals surface area contributed by atoms with E-state index in [1.807, 2.05) is 59.7 Å². The Bertz CT molecular complexity index is 729. The minimum atomic E-state index is -0.875. The molecule has 0 fully saturated rings. The van der Waals surface area contributed by atoms with Crippen molar-refractivity contribution in [2.24, 2.45) is 0 Å². The molecule has 0 saturated heterocycles. The average Bonchev–Trinajstić information content (AvgIpc) is 2.56. The summed E-state index contributed by atoms with van der Waals surface area (Å²) in [6.07, 6.45) is 0.335. The fraction of sp³-hybridized carbons (Fsp3) is 0.591. The molecule has 1 N–H and O–H groups in total. The molecule has 1 amide bonds. The van der Waals surface area contributed by atoms with Gasteiger partial charge in [0.15, 0.2) is 0 Å². The van der Waals surface area contributed by atoms with Crippen LogP contribution >= 0.6 is 0 Å². The van der Waals surface area contributed by atoms with E-state index in [2.05, 4.69) is 5.32 Å². The van der Waals surface area contributed by atoms with E-state index in [0.717, 1.165) is 11.1 Å². The lowest BCUT2D eigenvalue weighted by Gasteiger charge is -2.30. The van der Waals surface area contributed by atoms with E-state index in [0.29, 0.717) is 11.5 Å². The number of nitriles is 1. The molecule has 0 aliphatic heterocycles. The molecule has 154 valence electrons. The first-order valence-corrected chi connectivity index (χ1v) is 9.40. The van der Waals surface area contributed by atoms with Crippen LogP contribution in [-0.4, -0.2) is 25.0 Å². The van der Waals surface area contributed by atoms with Gasteiger partial charge in [-0.1, -0.05) is 41.5 Å². The molecule has 0 aromatic heterocycles. The van der Waals surface area contributed by atoms with Gasteiger partial charge in [0, 0.05) is 24.5 Å². The summed E-state index contributed by atoms with van der Waals surface area (Å²) in [5.74, 6) is 0.254. The van der Waals surface area contributed by atoms with Gasteiger partial charge in [-0.3, -0.25) is 4.79 Å². The highest BCUT2D eigenvalue weighted by molar-refractivity contribution is 5.85. The van der Waals surface area contributed by atoms with Crippen molar-refractivity contribution in [2.45, 2.75) is 78.2 Å². The molecule has 1 aromatic rings. The molecular weight excluding hydrogens is 356 g/mol. The quantitative estimate of drug-likeness (QED) is 0.588. The zero-order chi connectivity index (χ0) is 21.7. The highest BCUT2D eigenvalue weighted by atomic mass is 16.5. The van der Waals surface area contributed by atoms with Crippen LogP contribution in [0.3, 0.4) is 0 Å². The summed E-state index contributed by atoms with van der Waals surface area (Å²) in [5.41, 5.74) is 1.07. The van der Waals surface area contributed by atoms with Gasteiger partial charge in [-0.05, 0) is 29.4 Å². The summed E-state index contributed by atoms with van der Waals surface area (Å²) >= 11 is 0. The Morgan fingerprint density at radius 1 is 1.11 bits per heavy atom. The fourth-order valence-electron chi connectivity index (χ4n) is 2.82. The predicted molar refractivity (Wildman–Crippen MR) is 108 cm³/mol. The maximum atomic E-state index is 12.9. The molecular formula is C22H32N2O4. The molecule has 0 aliphatic carbocycles. The topological polar surface area (TPSA) is 88.4 Å². The first kappa shape index (κ1) is 23.5. The zero-order valence-corrected chi connectivity index (χ0v) is 18.2. The SMILES string of the molecule is COc1cc(C(C)(C)C)c(OC(=O)C(CCC#N)NC(C)=O)c(C(C)(C)C)c1. The first-order valence-electron chi connectivity index (χ1n) is 9.40. The van der Waals surface area contributed by atoms with Crippen LogP contribution in [0.1, 0.15) is 72.4 Å². The normalized spacial score (nSPS) is 12.7. The number of benzene rings is 1. The third-order valence-corrected chi connectivity index (χ3v) is 4.32. The number of ether oxygens (including phenoxy) is 2. The summed E-state index contributed by atoms with van der Waals surface area (Å²) in [6.45, 7) is 13.5. The van der Waals surface area contributed by atoms with E-state index in [4.69, 9.17) is 14.7 Å². The second-order valence-electron chi connectivity index (χ2n) is 8.92. The first-order chi connectivity index (χ1) is 12.8. The van der Waals surface area contributed by atoms with E-state index >= 15 is 0 Å². The van der Waals surface area contributed by atoms with Gasteiger partial charge >= 0.3 is 5.97 Å². The van der Waals surface area contributed by atoms with Crippen molar-refractivity contribution in [2.75, 3.05) is 7.11 Å². The third-order valence-electron chi connectivity index (χ3n) is 4.32. The van der Waals surface area contributed by atoms with E-state index < -0.39 is 12.0 Å². The molecule has 6 heteroatoms. The molecule has 1 rings (SSSR count). The number of esters is 1. The number of carbonyl (C=O) groups is 2. The number of rotatable bonds is 6. The van der Waals surface area contributed by atoms with E-state index in [1.54, 1.807) is 7.11 Å². The number of methoxy groups -OCH3 is 1. The molecule has 0 aliphatic rings. The Morgan fingerprint density at radius 3 is 1.96 bits per heavy atom. The number of carbonyl (C=O) groups excluding carboxylic acids is 2. The van der Waals surface area contributed by atoms with Gasteiger partial charge in [0.2, 0.25) is 5.91 Å². The maximum Gasteiger partial charge on any atom is 0.334 e. The fourth-order valence-corrected chi connectivity index (χ4v) is 2.82. The average molecular weight is 389 g/mol. The minimum Gasteiger partial charge on any atom is -0.497 e. The van der Waals surface area contributed by atoms with Crippen molar-refractivity contribution in [1.82, 2.24) is 5.32 Å². The number of nitrogens with one attached hydrogen (secondary N) is 1. The molecule has 0 radical (unpaired) electrons. The second kappa shape index (κ2) is 9.09. The largest absolute Gasteiger partial charge is 0.497 e. The van der Waals surface area contributed by atoms with Crippen molar-refractivity contribution >= 4 is 11.9 Å². The predicted octanol–water partition coefficient (Wildman–Crippen LogP) is 4.00. The standard InChI is InChI=1S/C22H32N2O4/c1-14(25)24-18(10-9-11-23)20(26)28-19-16(21(2,3)4)12-15(27-8)13-17(19)22(5,6)7/h12-13,18H,9-10H2,1-8H3,(H,24,25). The number of hydrogen-bond donors (Lipinski definition) is 1. The molecule has 28 heavy (non-hydrogen) atoms. The third kappa shape index (κ3) is 6.26. The van der Waals surface area contributed by atoms with Crippen LogP contribution in [0.15, 0.2) is 12.1 Å². The van der Waals surface area contributed by atoms with Crippen LogP contribution < -0.4 is 14.8 Å². The van der Waals surface area contributed by atoms with Crippen LogP contribution in [0.25, 0.3) is 0 Å². The molecule has 0 saturated carbocycles. The van der Waals surface area contributed by atoms with Crippen molar-refractivity contribution in [3.05, 3.63) is 23.3 Å². The van der Waals surface area contributed by atoms with Gasteiger partial charge in [0.05, 0.1) is 13.2 Å². The Kier molecular flexibility index (Phi) is 7.63. The van der Waals surface area contributed by atoms with Crippen LogP contribution in [0.5, 0.6) is 11.5 Å². The Labute approximate surface area is 168 Å². The summed E-state index contributed by atoms with van der Waals surface area (Å²) in [4.78, 5) is 24.4. The zero-order valence-electron chi connectivity index (χ0n) is 18.2. The van der Waals surface area contributed by atoms with Crippen LogP contribution in [0.2, 0.25) is 0 Å². The summed E-state index contributed by atoms with van der Waals surface area (Å²) in [5, 5.41) is 11.4. The van der Waals surface area contributed by atoms with Crippen LogP contribution in [-0.2, 0) is 20.4 Å². The van der Waals surface area contributed by atoms with Gasteiger partial charge in [-0.2, -0.15) is 5.26 Å². The van der Waals surface area contributed by atoms with Gasteiger partial charge in [-0.25, -0.2) is 4.79 Å². The highest BCUT2D eigenvalue weighted by Gasteiger charge is 2.31. The number of amides is 1. The monoisotopic (exact) mass is 388 g/mol. The van der Waals surface area contributed by atoms with Gasteiger partial charge in [0.1, 0.15) is 17.5 Å². The van der Waals surface area contributed by atoms with E-state index in [1.165, 1.54) is 6.92 Å². The maximum absolute atomic E-state index is 12.9. The van der Waals surface area contributed by atoms with Crippen LogP contribution in [0, 0.1) is 11.3 Å². The number of nitrogens with zero attached hydrogens (tertiary/aromatic N) is 1. The van der Waals surface area contributed by atoms with E-state index in [-0.39, 0.29) is 29.6 Å². The van der Waals surface area contributed by atoms with Crippen molar-refractivity contribution < 1.29 is 19.1 Å². The van der Waals surface area contributed by atoms with Crippen molar-refractivity contribution in [3.63, 3.8) is 0 Å². The molecule has 6 nitrogen and oxygen atoms in total. The van der Waals surface area contributed by atoms with Gasteiger partial charge in [-0.15, -0.1) is 0 Å². The Morgan fingerprint density at radius 2 is 1.61 bits per heavy atom. The highest BCUT2D eigenvalue weighted by Crippen LogP contribution is 2.42. The van der Waals surface area contributed by atoms with Gasteiger partial charge < -0.3 is 14.8 Å². The summed E-state index contributed by atoms with van der Waals surface area (Å²) in [6, 6.07) is 4.88.